The molecular weight excluding hydrogens is 247 g/mol. The Labute approximate surface area is 112 Å². The second kappa shape index (κ2) is 5.67. The van der Waals surface area contributed by atoms with Crippen LogP contribution in [0.1, 0.15) is 22.8 Å². The van der Waals surface area contributed by atoms with Crippen LogP contribution in [0, 0.1) is 12.7 Å². The maximum Gasteiger partial charge on any atom is 0.256 e. The summed E-state index contributed by atoms with van der Waals surface area (Å²) in [4.78, 5) is 13.9. The predicted octanol–water partition coefficient (Wildman–Crippen LogP) is 1.32. The van der Waals surface area contributed by atoms with Crippen molar-refractivity contribution in [2.45, 2.75) is 26.0 Å². The van der Waals surface area contributed by atoms with E-state index in [2.05, 4.69) is 0 Å². The predicted molar refractivity (Wildman–Crippen MR) is 70.4 cm³/mol. The number of hydrogen-bond donors (Lipinski definition) is 1. The molecule has 1 amide bonds. The highest BCUT2D eigenvalue weighted by molar-refractivity contribution is 5.94. The topological polar surface area (TPSA) is 55.6 Å². The van der Waals surface area contributed by atoms with Crippen LogP contribution in [0.15, 0.2) is 18.2 Å². The van der Waals surface area contributed by atoms with Gasteiger partial charge >= 0.3 is 0 Å². The first-order valence-corrected chi connectivity index (χ1v) is 6.41. The lowest BCUT2D eigenvalue weighted by atomic mass is 10.1. The first-order valence-electron chi connectivity index (χ1n) is 6.41. The van der Waals surface area contributed by atoms with Gasteiger partial charge in [0.2, 0.25) is 0 Å². The molecule has 1 aromatic rings. The van der Waals surface area contributed by atoms with E-state index in [1.165, 1.54) is 12.1 Å². The Hall–Kier alpha value is -1.46. The quantitative estimate of drug-likeness (QED) is 0.878. The normalized spacial score (nSPS) is 21.3. The molecule has 1 heterocycles. The molecule has 19 heavy (non-hydrogen) atoms. The Morgan fingerprint density at radius 2 is 2.32 bits per heavy atom. The smallest absolute Gasteiger partial charge is 0.256 e. The minimum Gasteiger partial charge on any atom is -0.373 e. The molecular formula is C14H19FN2O2. The molecule has 0 radical (unpaired) electrons. The van der Waals surface area contributed by atoms with E-state index in [1.807, 2.05) is 6.92 Å². The van der Waals surface area contributed by atoms with Crippen molar-refractivity contribution in [3.05, 3.63) is 35.1 Å². The van der Waals surface area contributed by atoms with Crippen molar-refractivity contribution >= 4 is 5.91 Å². The lowest BCUT2D eigenvalue weighted by Gasteiger charge is -2.34. The molecule has 0 unspecified atom stereocenters. The summed E-state index contributed by atoms with van der Waals surface area (Å²) in [6.07, 6.45) is -0.189. The van der Waals surface area contributed by atoms with Gasteiger partial charge < -0.3 is 15.4 Å². The number of carbonyl (C=O) groups excluding carboxylic acids is 1. The van der Waals surface area contributed by atoms with Gasteiger partial charge in [0.25, 0.3) is 5.91 Å². The SMILES string of the molecule is Cc1ccc(C(=O)N2CCO[C@@H]([C@H](C)N)C2)c(F)c1. The molecule has 104 valence electrons. The van der Waals surface area contributed by atoms with Gasteiger partial charge in [-0.2, -0.15) is 0 Å². The minimum atomic E-state index is -0.478. The molecule has 0 aromatic heterocycles. The van der Waals surface area contributed by atoms with Crippen molar-refractivity contribution in [3.63, 3.8) is 0 Å². The molecule has 1 fully saturated rings. The molecule has 2 atom stereocenters. The van der Waals surface area contributed by atoms with E-state index in [4.69, 9.17) is 10.5 Å². The van der Waals surface area contributed by atoms with E-state index in [9.17, 15) is 9.18 Å². The number of hydrogen-bond acceptors (Lipinski definition) is 3. The third kappa shape index (κ3) is 3.11. The lowest BCUT2D eigenvalue weighted by Crippen LogP contribution is -2.51. The summed E-state index contributed by atoms with van der Waals surface area (Å²) in [6.45, 7) is 4.94. The number of aryl methyl sites for hydroxylation is 1. The Bertz CT molecular complexity index is 477. The molecule has 0 bridgehead atoms. The summed E-state index contributed by atoms with van der Waals surface area (Å²) in [5, 5.41) is 0. The molecule has 5 heteroatoms. The number of nitrogens with two attached hydrogens (primary N) is 1. The van der Waals surface area contributed by atoms with Crippen molar-refractivity contribution in [2.75, 3.05) is 19.7 Å². The molecule has 2 N–H and O–H groups in total. The van der Waals surface area contributed by atoms with Crippen LogP contribution in [0.5, 0.6) is 0 Å². The van der Waals surface area contributed by atoms with Crippen LogP contribution in [-0.2, 0) is 4.74 Å². The van der Waals surface area contributed by atoms with Crippen molar-refractivity contribution in [1.29, 1.82) is 0 Å². The second-order valence-corrected chi connectivity index (χ2v) is 5.00. The number of ether oxygens (including phenoxy) is 1. The fourth-order valence-electron chi connectivity index (χ4n) is 2.14. The zero-order valence-electron chi connectivity index (χ0n) is 11.2. The van der Waals surface area contributed by atoms with E-state index in [1.54, 1.807) is 17.9 Å². The summed E-state index contributed by atoms with van der Waals surface area (Å²) in [6, 6.07) is 4.48. The largest absolute Gasteiger partial charge is 0.373 e. The van der Waals surface area contributed by atoms with Gasteiger partial charge in [-0.1, -0.05) is 6.07 Å². The van der Waals surface area contributed by atoms with E-state index >= 15 is 0 Å². The number of rotatable bonds is 2. The van der Waals surface area contributed by atoms with Gasteiger partial charge in [0, 0.05) is 19.1 Å². The number of halogens is 1. The van der Waals surface area contributed by atoms with Crippen LogP contribution in [0.4, 0.5) is 4.39 Å². The molecule has 1 aliphatic heterocycles. The highest BCUT2D eigenvalue weighted by Gasteiger charge is 2.28. The van der Waals surface area contributed by atoms with Crippen LogP contribution in [0.25, 0.3) is 0 Å². The average Bonchev–Trinajstić information content (AvgIpc) is 2.38. The van der Waals surface area contributed by atoms with Gasteiger partial charge in [0.1, 0.15) is 5.82 Å². The van der Waals surface area contributed by atoms with E-state index in [-0.39, 0.29) is 23.6 Å². The van der Waals surface area contributed by atoms with Crippen molar-refractivity contribution < 1.29 is 13.9 Å². The fourth-order valence-corrected chi connectivity index (χ4v) is 2.14. The number of morpholine rings is 1. The molecule has 1 aliphatic rings. The van der Waals surface area contributed by atoms with Crippen molar-refractivity contribution in [3.8, 4) is 0 Å². The van der Waals surface area contributed by atoms with Crippen LogP contribution in [-0.4, -0.2) is 42.6 Å². The molecule has 1 aromatic carbocycles. The summed E-state index contributed by atoms with van der Waals surface area (Å²) in [5.74, 6) is -0.778. The average molecular weight is 266 g/mol. The van der Waals surface area contributed by atoms with Gasteiger partial charge in [-0.05, 0) is 31.5 Å². The number of nitrogens with zero attached hydrogens (tertiary/aromatic N) is 1. The molecule has 2 rings (SSSR count). The number of amides is 1. The molecule has 0 aliphatic carbocycles. The summed E-state index contributed by atoms with van der Waals surface area (Å²) >= 11 is 0. The standard InChI is InChI=1S/C14H19FN2O2/c1-9-3-4-11(12(15)7-9)14(18)17-5-6-19-13(8-17)10(2)16/h3-4,7,10,13H,5-6,8,16H2,1-2H3/t10-,13+/m0/s1. The van der Waals surface area contributed by atoms with Gasteiger partial charge in [-0.25, -0.2) is 4.39 Å². The summed E-state index contributed by atoms with van der Waals surface area (Å²) in [7, 11) is 0. The zero-order chi connectivity index (χ0) is 14.0. The van der Waals surface area contributed by atoms with E-state index in [0.29, 0.717) is 19.7 Å². The first-order chi connectivity index (χ1) is 8.99. The highest BCUT2D eigenvalue weighted by atomic mass is 19.1. The number of carbonyl (C=O) groups is 1. The van der Waals surface area contributed by atoms with Gasteiger partial charge in [0.15, 0.2) is 0 Å². The highest BCUT2D eigenvalue weighted by Crippen LogP contribution is 2.16. The monoisotopic (exact) mass is 266 g/mol. The van der Waals surface area contributed by atoms with Crippen LogP contribution in [0.3, 0.4) is 0 Å². The summed E-state index contributed by atoms with van der Waals surface area (Å²) < 4.78 is 19.3. The molecule has 4 nitrogen and oxygen atoms in total. The third-order valence-electron chi connectivity index (χ3n) is 3.32. The molecule has 0 saturated carbocycles. The van der Waals surface area contributed by atoms with Gasteiger partial charge in [-0.15, -0.1) is 0 Å². The summed E-state index contributed by atoms with van der Waals surface area (Å²) in [5.41, 5.74) is 6.68. The molecule has 0 spiro atoms. The van der Waals surface area contributed by atoms with Gasteiger partial charge in [0.05, 0.1) is 18.3 Å². The Morgan fingerprint density at radius 3 is 2.95 bits per heavy atom. The fraction of sp³-hybridized carbons (Fsp3) is 0.500. The molecule has 1 saturated heterocycles. The minimum absolute atomic E-state index is 0.107. The van der Waals surface area contributed by atoms with Crippen molar-refractivity contribution in [2.24, 2.45) is 5.73 Å². The second-order valence-electron chi connectivity index (χ2n) is 5.00. The first kappa shape index (κ1) is 14.0. The lowest BCUT2D eigenvalue weighted by molar-refractivity contribution is -0.0301. The van der Waals surface area contributed by atoms with Crippen LogP contribution in [0.2, 0.25) is 0 Å². The zero-order valence-corrected chi connectivity index (χ0v) is 11.2. The maximum absolute atomic E-state index is 13.8. The Balaban J connectivity index is 2.15. The van der Waals surface area contributed by atoms with Gasteiger partial charge in [-0.3, -0.25) is 4.79 Å². The third-order valence-corrected chi connectivity index (χ3v) is 3.32. The van der Waals surface area contributed by atoms with Crippen molar-refractivity contribution in [1.82, 2.24) is 4.90 Å². The number of benzene rings is 1. The van der Waals surface area contributed by atoms with Crippen LogP contribution < -0.4 is 5.73 Å². The maximum atomic E-state index is 13.8. The van der Waals surface area contributed by atoms with E-state index in [0.717, 1.165) is 5.56 Å². The van der Waals surface area contributed by atoms with Crippen LogP contribution >= 0.6 is 0 Å². The Kier molecular flexibility index (Phi) is 4.17. The Morgan fingerprint density at radius 1 is 1.58 bits per heavy atom. The van der Waals surface area contributed by atoms with E-state index < -0.39 is 5.82 Å².